The summed E-state index contributed by atoms with van der Waals surface area (Å²) in [5.74, 6) is -2.64. The summed E-state index contributed by atoms with van der Waals surface area (Å²) in [6.45, 7) is 3.26. The Morgan fingerprint density at radius 3 is 2.35 bits per heavy atom. The quantitative estimate of drug-likeness (QED) is 0.640. The zero-order valence-corrected chi connectivity index (χ0v) is 11.4. The number of aliphatic carboxylic acids is 1. The van der Waals surface area contributed by atoms with Gasteiger partial charge in [-0.3, -0.25) is 15.0 Å². The molecule has 2 fully saturated rings. The topological polar surface area (TPSA) is 82.1 Å². The van der Waals surface area contributed by atoms with Crippen LogP contribution in [0.1, 0.15) is 0 Å². The predicted molar refractivity (Wildman–Crippen MR) is 69.6 cm³/mol. The molecule has 0 aliphatic carbocycles. The summed E-state index contributed by atoms with van der Waals surface area (Å²) in [5, 5.41) is 11.1. The zero-order chi connectivity index (χ0) is 14.3. The van der Waals surface area contributed by atoms with Crippen LogP contribution in [0, 0.1) is 11.8 Å². The summed E-state index contributed by atoms with van der Waals surface area (Å²) in [6, 6.07) is 0. The minimum absolute atomic E-state index is 0.251. The first-order valence-corrected chi connectivity index (χ1v) is 6.87. The summed E-state index contributed by atoms with van der Waals surface area (Å²) in [7, 11) is 2.04. The molecule has 4 atom stereocenters. The first kappa shape index (κ1) is 13.5. The number of amides is 1. The van der Waals surface area contributed by atoms with E-state index in [0.717, 1.165) is 26.2 Å². The highest BCUT2D eigenvalue weighted by atomic mass is 16.5. The van der Waals surface area contributed by atoms with Crippen molar-refractivity contribution in [3.63, 3.8) is 0 Å². The van der Waals surface area contributed by atoms with E-state index < -0.39 is 30.0 Å². The maximum absolute atomic E-state index is 12.4. The van der Waals surface area contributed by atoms with E-state index in [1.165, 1.54) is 0 Å². The van der Waals surface area contributed by atoms with Crippen LogP contribution in [0.15, 0.2) is 12.2 Å². The molecule has 7 nitrogen and oxygen atoms in total. The average Bonchev–Trinajstić information content (AvgIpc) is 3.01. The molecule has 3 aliphatic heterocycles. The molecule has 7 heteroatoms. The standard InChI is InChI=1S/C13H19N3O4/c1-15-4-6-16(7-5-15)14-12(17)10-8-2-3-9(20-8)11(10)13(18)19/h2-3,8-11H,4-7H2,1H3,(H,14,17)(H,18,19)/t8-,9-,10-,11-/m0/s1. The Bertz CT molecular complexity index is 445. The van der Waals surface area contributed by atoms with Crippen LogP contribution in [0.3, 0.4) is 0 Å². The summed E-state index contributed by atoms with van der Waals surface area (Å²) < 4.78 is 5.51. The lowest BCUT2D eigenvalue weighted by atomic mass is 9.82. The molecule has 3 aliphatic rings. The number of carboxylic acids is 1. The van der Waals surface area contributed by atoms with E-state index in [1.807, 2.05) is 12.1 Å². The Kier molecular flexibility index (Phi) is 3.49. The molecule has 0 radical (unpaired) electrons. The van der Waals surface area contributed by atoms with Gasteiger partial charge < -0.3 is 14.7 Å². The SMILES string of the molecule is CN1CCN(NC(=O)[C@@H]2[C@@H](C(=O)O)[C@@H]3C=C[C@@H]2O3)CC1. The third kappa shape index (κ3) is 2.32. The van der Waals surface area contributed by atoms with Gasteiger partial charge in [-0.25, -0.2) is 5.01 Å². The molecule has 3 rings (SSSR count). The average molecular weight is 281 g/mol. The predicted octanol–water partition coefficient (Wildman–Crippen LogP) is -1.08. The highest BCUT2D eigenvalue weighted by Gasteiger charge is 2.53. The van der Waals surface area contributed by atoms with E-state index in [-0.39, 0.29) is 5.91 Å². The maximum Gasteiger partial charge on any atom is 0.310 e. The number of hydrogen-bond acceptors (Lipinski definition) is 5. The number of fused-ring (bicyclic) bond motifs is 2. The van der Waals surface area contributed by atoms with Gasteiger partial charge in [0.05, 0.1) is 18.1 Å². The second kappa shape index (κ2) is 5.16. The summed E-state index contributed by atoms with van der Waals surface area (Å²) >= 11 is 0. The van der Waals surface area contributed by atoms with Crippen LogP contribution in [-0.2, 0) is 14.3 Å². The second-order valence-electron chi connectivity index (χ2n) is 5.61. The van der Waals surface area contributed by atoms with Gasteiger partial charge in [0.1, 0.15) is 5.92 Å². The highest BCUT2D eigenvalue weighted by Crippen LogP contribution is 2.39. The fraction of sp³-hybridized carbons (Fsp3) is 0.692. The van der Waals surface area contributed by atoms with Gasteiger partial charge in [0.2, 0.25) is 5.91 Å². The first-order valence-electron chi connectivity index (χ1n) is 6.87. The van der Waals surface area contributed by atoms with E-state index in [0.29, 0.717) is 0 Å². The van der Waals surface area contributed by atoms with Crippen molar-refractivity contribution >= 4 is 11.9 Å². The van der Waals surface area contributed by atoms with Crippen molar-refractivity contribution in [3.05, 3.63) is 12.2 Å². The van der Waals surface area contributed by atoms with Crippen LogP contribution < -0.4 is 5.43 Å². The second-order valence-corrected chi connectivity index (χ2v) is 5.61. The van der Waals surface area contributed by atoms with Crippen molar-refractivity contribution in [1.82, 2.24) is 15.3 Å². The smallest absolute Gasteiger partial charge is 0.310 e. The summed E-state index contributed by atoms with van der Waals surface area (Å²) in [6.07, 6.45) is 2.65. The lowest BCUT2D eigenvalue weighted by molar-refractivity contribution is -0.148. The van der Waals surface area contributed by atoms with Crippen LogP contribution in [0.5, 0.6) is 0 Å². The zero-order valence-electron chi connectivity index (χ0n) is 11.4. The van der Waals surface area contributed by atoms with E-state index >= 15 is 0 Å². The monoisotopic (exact) mass is 281 g/mol. The van der Waals surface area contributed by atoms with Crippen LogP contribution in [0.4, 0.5) is 0 Å². The first-order chi connectivity index (χ1) is 9.56. The third-order valence-electron chi connectivity index (χ3n) is 4.26. The van der Waals surface area contributed by atoms with Gasteiger partial charge in [0.25, 0.3) is 0 Å². The van der Waals surface area contributed by atoms with Gasteiger partial charge in [-0.2, -0.15) is 0 Å². The number of piperazine rings is 1. The molecule has 2 saturated heterocycles. The molecule has 0 aromatic heterocycles. The van der Waals surface area contributed by atoms with Crippen LogP contribution in [0.2, 0.25) is 0 Å². The normalized spacial score (nSPS) is 37.2. The van der Waals surface area contributed by atoms with Gasteiger partial charge in [-0.05, 0) is 7.05 Å². The Labute approximate surface area is 117 Å². The van der Waals surface area contributed by atoms with Crippen molar-refractivity contribution in [3.8, 4) is 0 Å². The number of nitrogens with zero attached hydrogens (tertiary/aromatic N) is 2. The number of hydrogen-bond donors (Lipinski definition) is 2. The molecule has 110 valence electrons. The van der Waals surface area contributed by atoms with Gasteiger partial charge in [-0.1, -0.05) is 12.2 Å². The van der Waals surface area contributed by atoms with Gasteiger partial charge in [-0.15, -0.1) is 0 Å². The largest absolute Gasteiger partial charge is 0.481 e. The van der Waals surface area contributed by atoms with Gasteiger partial charge >= 0.3 is 5.97 Å². The number of hydrazine groups is 1. The third-order valence-corrected chi connectivity index (χ3v) is 4.26. The van der Waals surface area contributed by atoms with E-state index in [1.54, 1.807) is 12.2 Å². The summed E-state index contributed by atoms with van der Waals surface area (Å²) in [5.41, 5.74) is 2.84. The van der Waals surface area contributed by atoms with E-state index in [2.05, 4.69) is 10.3 Å². The number of carbonyl (C=O) groups is 2. The Hall–Kier alpha value is -1.44. The van der Waals surface area contributed by atoms with E-state index in [9.17, 15) is 14.7 Å². The molecule has 0 saturated carbocycles. The minimum atomic E-state index is -0.972. The molecular weight excluding hydrogens is 262 g/mol. The molecule has 0 aromatic carbocycles. The van der Waals surface area contributed by atoms with Crippen molar-refractivity contribution in [2.45, 2.75) is 12.2 Å². The number of carboxylic acid groups (broad SMARTS) is 1. The molecule has 3 heterocycles. The van der Waals surface area contributed by atoms with Crippen LogP contribution in [0.25, 0.3) is 0 Å². The number of carbonyl (C=O) groups excluding carboxylic acids is 1. The molecular formula is C13H19N3O4. The van der Waals surface area contributed by atoms with Gasteiger partial charge in [0.15, 0.2) is 0 Å². The van der Waals surface area contributed by atoms with Gasteiger partial charge in [0, 0.05) is 26.2 Å². The number of ether oxygens (including phenoxy) is 1. The number of nitrogens with one attached hydrogen (secondary N) is 1. The molecule has 1 amide bonds. The Balaban J connectivity index is 1.64. The lowest BCUT2D eigenvalue weighted by Crippen LogP contribution is -2.55. The Morgan fingerprint density at radius 2 is 1.75 bits per heavy atom. The lowest BCUT2D eigenvalue weighted by Gasteiger charge is -2.33. The highest BCUT2D eigenvalue weighted by molar-refractivity contribution is 5.87. The fourth-order valence-electron chi connectivity index (χ4n) is 3.06. The minimum Gasteiger partial charge on any atom is -0.481 e. The number of rotatable bonds is 3. The molecule has 20 heavy (non-hydrogen) atoms. The number of likely N-dealkylation sites (N-methyl/N-ethyl adjacent to an activating group) is 1. The molecule has 0 spiro atoms. The van der Waals surface area contributed by atoms with Crippen LogP contribution >= 0.6 is 0 Å². The maximum atomic E-state index is 12.4. The van der Waals surface area contributed by atoms with Crippen LogP contribution in [-0.4, -0.2) is 72.3 Å². The van der Waals surface area contributed by atoms with Crippen molar-refractivity contribution in [1.29, 1.82) is 0 Å². The molecule has 2 N–H and O–H groups in total. The molecule has 0 aromatic rings. The molecule has 2 bridgehead atoms. The summed E-state index contributed by atoms with van der Waals surface area (Å²) in [4.78, 5) is 25.9. The Morgan fingerprint density at radius 1 is 1.15 bits per heavy atom. The van der Waals surface area contributed by atoms with E-state index in [4.69, 9.17) is 4.74 Å². The fourth-order valence-corrected chi connectivity index (χ4v) is 3.06. The van der Waals surface area contributed by atoms with Crippen molar-refractivity contribution < 1.29 is 19.4 Å². The molecule has 0 unspecified atom stereocenters. The van der Waals surface area contributed by atoms with Crippen molar-refractivity contribution in [2.24, 2.45) is 11.8 Å². The van der Waals surface area contributed by atoms with Crippen molar-refractivity contribution in [2.75, 3.05) is 33.2 Å².